The molecule has 1 fully saturated rings. The molecule has 1 aliphatic rings. The molecular weight excluding hydrogens is 421 g/mol. The lowest BCUT2D eigenvalue weighted by Crippen LogP contribution is -2.38. The Morgan fingerprint density at radius 1 is 1.04 bits per heavy atom. The van der Waals surface area contributed by atoms with Gasteiger partial charge in [0.15, 0.2) is 0 Å². The van der Waals surface area contributed by atoms with Crippen LogP contribution in [-0.4, -0.2) is 29.5 Å². The summed E-state index contributed by atoms with van der Waals surface area (Å²) in [6, 6.07) is 15.5. The van der Waals surface area contributed by atoms with E-state index in [0.29, 0.717) is 23.9 Å². The summed E-state index contributed by atoms with van der Waals surface area (Å²) in [4.78, 5) is 14.5. The van der Waals surface area contributed by atoms with Crippen LogP contribution in [0, 0.1) is 0 Å². The molecule has 2 heterocycles. The van der Waals surface area contributed by atoms with Crippen molar-refractivity contribution in [3.05, 3.63) is 85.7 Å². The van der Waals surface area contributed by atoms with E-state index in [9.17, 15) is 4.79 Å². The van der Waals surface area contributed by atoms with Gasteiger partial charge in [-0.05, 0) is 23.8 Å². The Hall–Kier alpha value is -2.05. The summed E-state index contributed by atoms with van der Waals surface area (Å²) >= 11 is 18.3. The van der Waals surface area contributed by atoms with Gasteiger partial charge in [0.05, 0.1) is 34.2 Å². The molecule has 0 spiro atoms. The molecule has 8 heteroatoms. The summed E-state index contributed by atoms with van der Waals surface area (Å²) in [6.45, 7) is 2.02. The van der Waals surface area contributed by atoms with Crippen LogP contribution in [0.3, 0.4) is 0 Å². The predicted octanol–water partition coefficient (Wildman–Crippen LogP) is 4.77. The number of hydrogen-bond donors (Lipinski definition) is 0. The average molecular weight is 437 g/mol. The number of ether oxygens (including phenoxy) is 1. The minimum atomic E-state index is -0.492. The molecule has 4 rings (SSSR count). The van der Waals surface area contributed by atoms with Crippen molar-refractivity contribution in [2.75, 3.05) is 24.6 Å². The minimum absolute atomic E-state index is 0.0231. The molecule has 5 nitrogen and oxygen atoms in total. The predicted molar refractivity (Wildman–Crippen MR) is 112 cm³/mol. The third kappa shape index (κ3) is 3.76. The lowest BCUT2D eigenvalue weighted by molar-refractivity contribution is 0.0398. The molecule has 2 aromatic carbocycles. The normalized spacial score (nSPS) is 17.0. The standard InChI is InChI=1S/C20H16Cl3N3O2/c21-15-10-14(26-20(27)19(23)16(22)11-24-26)6-7-17(15)25-8-9-28-18(12-25)13-4-2-1-3-5-13/h1-7,10-11,18H,8-9,12H2/t18-/m0/s1. The summed E-state index contributed by atoms with van der Waals surface area (Å²) in [7, 11) is 0. The lowest BCUT2D eigenvalue weighted by Gasteiger charge is -2.35. The van der Waals surface area contributed by atoms with Gasteiger partial charge >= 0.3 is 0 Å². The van der Waals surface area contributed by atoms with Crippen LogP contribution in [0.15, 0.2) is 59.5 Å². The van der Waals surface area contributed by atoms with E-state index in [4.69, 9.17) is 39.5 Å². The van der Waals surface area contributed by atoms with Gasteiger partial charge in [0.25, 0.3) is 5.56 Å². The van der Waals surface area contributed by atoms with Crippen molar-refractivity contribution in [3.63, 3.8) is 0 Å². The Morgan fingerprint density at radius 2 is 1.82 bits per heavy atom. The Kier molecular flexibility index (Phi) is 5.60. The first-order valence-electron chi connectivity index (χ1n) is 8.69. The number of anilines is 1. The van der Waals surface area contributed by atoms with E-state index in [1.807, 2.05) is 24.3 Å². The van der Waals surface area contributed by atoms with Gasteiger partial charge in [-0.3, -0.25) is 4.79 Å². The van der Waals surface area contributed by atoms with Gasteiger partial charge in [-0.2, -0.15) is 9.78 Å². The van der Waals surface area contributed by atoms with Gasteiger partial charge in [-0.1, -0.05) is 65.1 Å². The van der Waals surface area contributed by atoms with Crippen LogP contribution >= 0.6 is 34.8 Å². The summed E-state index contributed by atoms with van der Waals surface area (Å²) in [5, 5.41) is 4.60. The fraction of sp³-hybridized carbons (Fsp3) is 0.200. The minimum Gasteiger partial charge on any atom is -0.370 e. The molecule has 0 radical (unpaired) electrons. The number of aromatic nitrogens is 2. The molecule has 0 amide bonds. The van der Waals surface area contributed by atoms with Crippen molar-refractivity contribution in [1.29, 1.82) is 0 Å². The molecule has 0 unspecified atom stereocenters. The maximum absolute atomic E-state index is 12.3. The monoisotopic (exact) mass is 435 g/mol. The second-order valence-corrected chi connectivity index (χ2v) is 7.57. The molecule has 1 aromatic heterocycles. The summed E-state index contributed by atoms with van der Waals surface area (Å²) < 4.78 is 7.10. The highest BCUT2D eigenvalue weighted by Crippen LogP contribution is 2.32. The van der Waals surface area contributed by atoms with Crippen molar-refractivity contribution < 1.29 is 4.74 Å². The van der Waals surface area contributed by atoms with Gasteiger partial charge in [-0.15, -0.1) is 0 Å². The molecule has 0 N–H and O–H groups in total. The van der Waals surface area contributed by atoms with Gasteiger partial charge < -0.3 is 9.64 Å². The number of morpholine rings is 1. The lowest BCUT2D eigenvalue weighted by atomic mass is 10.1. The largest absolute Gasteiger partial charge is 0.370 e. The van der Waals surface area contributed by atoms with Crippen LogP contribution in [0.2, 0.25) is 15.1 Å². The molecule has 1 saturated heterocycles. The number of benzene rings is 2. The smallest absolute Gasteiger partial charge is 0.291 e. The maximum atomic E-state index is 12.3. The van der Waals surface area contributed by atoms with Crippen LogP contribution in [0.4, 0.5) is 5.69 Å². The zero-order valence-corrected chi connectivity index (χ0v) is 17.0. The summed E-state index contributed by atoms with van der Waals surface area (Å²) in [5.41, 5.74) is 2.04. The van der Waals surface area contributed by atoms with Crippen LogP contribution in [0.25, 0.3) is 5.69 Å². The third-order valence-electron chi connectivity index (χ3n) is 4.63. The van der Waals surface area contributed by atoms with E-state index in [-0.39, 0.29) is 16.1 Å². The van der Waals surface area contributed by atoms with E-state index in [0.717, 1.165) is 17.8 Å². The van der Waals surface area contributed by atoms with E-state index in [2.05, 4.69) is 22.1 Å². The van der Waals surface area contributed by atoms with Crippen LogP contribution in [0.1, 0.15) is 11.7 Å². The van der Waals surface area contributed by atoms with Gasteiger partial charge in [0, 0.05) is 13.1 Å². The third-order valence-corrected chi connectivity index (χ3v) is 5.68. The zero-order chi connectivity index (χ0) is 19.7. The van der Waals surface area contributed by atoms with Crippen molar-refractivity contribution in [1.82, 2.24) is 9.78 Å². The zero-order valence-electron chi connectivity index (χ0n) is 14.7. The molecular formula is C20H16Cl3N3O2. The first-order chi connectivity index (χ1) is 13.5. The summed E-state index contributed by atoms with van der Waals surface area (Å²) in [5.74, 6) is 0. The van der Waals surface area contributed by atoms with E-state index in [1.165, 1.54) is 10.9 Å². The first-order valence-corrected chi connectivity index (χ1v) is 9.83. The highest BCUT2D eigenvalue weighted by molar-refractivity contribution is 6.41. The van der Waals surface area contributed by atoms with Crippen LogP contribution in [0.5, 0.6) is 0 Å². The Morgan fingerprint density at radius 3 is 2.57 bits per heavy atom. The van der Waals surface area contributed by atoms with Crippen molar-refractivity contribution in [3.8, 4) is 5.69 Å². The Labute approximate surface area is 177 Å². The second kappa shape index (κ2) is 8.13. The van der Waals surface area contributed by atoms with Gasteiger partial charge in [0.2, 0.25) is 0 Å². The highest BCUT2D eigenvalue weighted by atomic mass is 35.5. The quantitative estimate of drug-likeness (QED) is 0.593. The average Bonchev–Trinajstić information content (AvgIpc) is 2.73. The van der Waals surface area contributed by atoms with E-state index in [1.54, 1.807) is 12.1 Å². The molecule has 0 aliphatic carbocycles. The SMILES string of the molecule is O=c1c(Cl)c(Cl)cnn1-c1ccc(N2CCO[C@H](c3ccccc3)C2)c(Cl)c1. The first kappa shape index (κ1) is 19.3. The van der Waals surface area contributed by atoms with Gasteiger partial charge in [0.1, 0.15) is 11.1 Å². The van der Waals surface area contributed by atoms with Gasteiger partial charge in [-0.25, -0.2) is 0 Å². The molecule has 1 atom stereocenters. The second-order valence-electron chi connectivity index (χ2n) is 6.38. The topological polar surface area (TPSA) is 47.4 Å². The van der Waals surface area contributed by atoms with Crippen LogP contribution < -0.4 is 10.5 Å². The maximum Gasteiger partial charge on any atom is 0.291 e. The Bertz CT molecular complexity index is 1060. The highest BCUT2D eigenvalue weighted by Gasteiger charge is 2.23. The number of halogens is 3. The van der Waals surface area contributed by atoms with Crippen LogP contribution in [-0.2, 0) is 4.74 Å². The fourth-order valence-corrected chi connectivity index (χ4v) is 3.77. The number of nitrogens with zero attached hydrogens (tertiary/aromatic N) is 3. The van der Waals surface area contributed by atoms with Crippen molar-refractivity contribution in [2.24, 2.45) is 0 Å². The number of rotatable bonds is 3. The van der Waals surface area contributed by atoms with Crippen molar-refractivity contribution in [2.45, 2.75) is 6.10 Å². The van der Waals surface area contributed by atoms with Crippen molar-refractivity contribution >= 4 is 40.5 Å². The molecule has 0 saturated carbocycles. The number of hydrogen-bond acceptors (Lipinski definition) is 4. The molecule has 28 heavy (non-hydrogen) atoms. The molecule has 3 aromatic rings. The molecule has 144 valence electrons. The van der Waals surface area contributed by atoms with E-state index >= 15 is 0 Å². The Balaban J connectivity index is 1.62. The molecule has 1 aliphatic heterocycles. The molecule has 0 bridgehead atoms. The summed E-state index contributed by atoms with van der Waals surface area (Å²) in [6.07, 6.45) is 1.31. The fourth-order valence-electron chi connectivity index (χ4n) is 3.22. The van der Waals surface area contributed by atoms with E-state index < -0.39 is 5.56 Å².